The number of unbranched alkanes of at least 4 members (excludes halogenated alkanes) is 1. The van der Waals surface area contributed by atoms with Crippen molar-refractivity contribution in [3.8, 4) is 0 Å². The number of allylic oxidation sites excluding steroid dienone is 1. The maximum atomic E-state index is 4.25. The Balaban J connectivity index is 2.37. The first-order valence-electron chi connectivity index (χ1n) is 7.44. The SMILES string of the molecule is C=C(CCC)CC1CCCCC1CCCC. The summed E-state index contributed by atoms with van der Waals surface area (Å²) in [5.41, 5.74) is 1.51. The molecule has 2 unspecified atom stereocenters. The molecule has 2 atom stereocenters. The molecule has 0 saturated heterocycles. The summed E-state index contributed by atoms with van der Waals surface area (Å²) in [6.45, 7) is 8.83. The van der Waals surface area contributed by atoms with Gasteiger partial charge in [0.1, 0.15) is 0 Å². The molecule has 0 nitrogen and oxygen atoms in total. The van der Waals surface area contributed by atoms with Gasteiger partial charge in [-0.25, -0.2) is 0 Å². The van der Waals surface area contributed by atoms with Gasteiger partial charge < -0.3 is 0 Å². The Labute approximate surface area is 103 Å². The molecule has 1 rings (SSSR count). The highest BCUT2D eigenvalue weighted by Gasteiger charge is 2.24. The van der Waals surface area contributed by atoms with Gasteiger partial charge >= 0.3 is 0 Å². The molecule has 0 heteroatoms. The van der Waals surface area contributed by atoms with Crippen molar-refractivity contribution in [2.75, 3.05) is 0 Å². The third-order valence-corrected chi connectivity index (χ3v) is 4.15. The lowest BCUT2D eigenvalue weighted by Gasteiger charge is -2.32. The highest BCUT2D eigenvalue weighted by molar-refractivity contribution is 4.97. The smallest absolute Gasteiger partial charge is 0.0292 e. The summed E-state index contributed by atoms with van der Waals surface area (Å²) < 4.78 is 0. The Kier molecular flexibility index (Phi) is 6.84. The minimum absolute atomic E-state index is 0.972. The summed E-state index contributed by atoms with van der Waals surface area (Å²) in [7, 11) is 0. The second-order valence-electron chi connectivity index (χ2n) is 5.65. The van der Waals surface area contributed by atoms with Crippen molar-refractivity contribution in [1.82, 2.24) is 0 Å². The largest absolute Gasteiger partial charge is 0.0999 e. The van der Waals surface area contributed by atoms with Crippen LogP contribution in [0.2, 0.25) is 0 Å². The standard InChI is InChI=1S/C16H30/c1-4-6-10-15-11-7-8-12-16(15)13-14(3)9-5-2/h15-16H,3-13H2,1-2H3. The molecule has 1 fully saturated rings. The highest BCUT2D eigenvalue weighted by Crippen LogP contribution is 2.37. The fraction of sp³-hybridized carbons (Fsp3) is 0.875. The zero-order valence-corrected chi connectivity index (χ0v) is 11.4. The summed E-state index contributed by atoms with van der Waals surface area (Å²) >= 11 is 0. The Hall–Kier alpha value is -0.260. The van der Waals surface area contributed by atoms with Gasteiger partial charge in [0.25, 0.3) is 0 Å². The highest BCUT2D eigenvalue weighted by atomic mass is 14.3. The van der Waals surface area contributed by atoms with E-state index in [1.165, 1.54) is 69.8 Å². The van der Waals surface area contributed by atoms with Crippen molar-refractivity contribution >= 4 is 0 Å². The molecule has 1 saturated carbocycles. The Bertz CT molecular complexity index is 192. The van der Waals surface area contributed by atoms with Crippen LogP contribution in [0.1, 0.15) is 78.1 Å². The van der Waals surface area contributed by atoms with Gasteiger partial charge in [0, 0.05) is 0 Å². The van der Waals surface area contributed by atoms with Crippen LogP contribution in [0.4, 0.5) is 0 Å². The summed E-state index contributed by atoms with van der Waals surface area (Å²) in [6.07, 6.45) is 14.0. The average molecular weight is 222 g/mol. The third-order valence-electron chi connectivity index (χ3n) is 4.15. The van der Waals surface area contributed by atoms with Crippen molar-refractivity contribution in [1.29, 1.82) is 0 Å². The maximum absolute atomic E-state index is 4.25. The molecule has 0 heterocycles. The van der Waals surface area contributed by atoms with E-state index < -0.39 is 0 Å². The van der Waals surface area contributed by atoms with E-state index in [0.29, 0.717) is 0 Å². The van der Waals surface area contributed by atoms with Gasteiger partial charge in [0.15, 0.2) is 0 Å². The van der Waals surface area contributed by atoms with Gasteiger partial charge in [0.05, 0.1) is 0 Å². The van der Waals surface area contributed by atoms with Crippen LogP contribution in [0.3, 0.4) is 0 Å². The lowest BCUT2D eigenvalue weighted by Crippen LogP contribution is -2.20. The van der Waals surface area contributed by atoms with E-state index in [1.807, 2.05) is 0 Å². The van der Waals surface area contributed by atoms with Crippen molar-refractivity contribution in [3.05, 3.63) is 12.2 Å². The molecule has 0 spiro atoms. The average Bonchev–Trinajstić information content (AvgIpc) is 2.28. The van der Waals surface area contributed by atoms with Crippen LogP contribution in [0, 0.1) is 11.8 Å². The van der Waals surface area contributed by atoms with Crippen LogP contribution in [0.15, 0.2) is 12.2 Å². The van der Waals surface area contributed by atoms with E-state index in [1.54, 1.807) is 0 Å². The zero-order valence-electron chi connectivity index (χ0n) is 11.4. The fourth-order valence-electron chi connectivity index (χ4n) is 3.23. The molecule has 1 aliphatic rings. The molecule has 1 aliphatic carbocycles. The van der Waals surface area contributed by atoms with Crippen LogP contribution < -0.4 is 0 Å². The second-order valence-corrected chi connectivity index (χ2v) is 5.65. The van der Waals surface area contributed by atoms with E-state index in [4.69, 9.17) is 0 Å². The van der Waals surface area contributed by atoms with E-state index in [2.05, 4.69) is 20.4 Å². The van der Waals surface area contributed by atoms with Crippen molar-refractivity contribution in [2.24, 2.45) is 11.8 Å². The van der Waals surface area contributed by atoms with Crippen LogP contribution in [0.5, 0.6) is 0 Å². The van der Waals surface area contributed by atoms with Crippen molar-refractivity contribution in [2.45, 2.75) is 78.1 Å². The molecule has 0 amide bonds. The first-order valence-corrected chi connectivity index (χ1v) is 7.44. The first kappa shape index (κ1) is 13.8. The molecule has 16 heavy (non-hydrogen) atoms. The normalized spacial score (nSPS) is 25.6. The van der Waals surface area contributed by atoms with Gasteiger partial charge in [-0.05, 0) is 31.1 Å². The Morgan fingerprint density at radius 1 is 1.06 bits per heavy atom. The topological polar surface area (TPSA) is 0 Å². The number of rotatable bonds is 7. The quantitative estimate of drug-likeness (QED) is 0.483. The van der Waals surface area contributed by atoms with E-state index in [-0.39, 0.29) is 0 Å². The van der Waals surface area contributed by atoms with Gasteiger partial charge in [-0.2, -0.15) is 0 Å². The van der Waals surface area contributed by atoms with Crippen LogP contribution >= 0.6 is 0 Å². The van der Waals surface area contributed by atoms with Gasteiger partial charge in [-0.1, -0.05) is 70.9 Å². The molecule has 94 valence electrons. The minimum Gasteiger partial charge on any atom is -0.0999 e. The van der Waals surface area contributed by atoms with Gasteiger partial charge in [0.2, 0.25) is 0 Å². The first-order chi connectivity index (χ1) is 7.77. The Morgan fingerprint density at radius 3 is 2.38 bits per heavy atom. The van der Waals surface area contributed by atoms with Crippen molar-refractivity contribution in [3.63, 3.8) is 0 Å². The zero-order chi connectivity index (χ0) is 11.8. The predicted octanol–water partition coefficient (Wildman–Crippen LogP) is 5.73. The predicted molar refractivity (Wildman–Crippen MR) is 73.6 cm³/mol. The van der Waals surface area contributed by atoms with Crippen LogP contribution in [0.25, 0.3) is 0 Å². The van der Waals surface area contributed by atoms with E-state index in [9.17, 15) is 0 Å². The molecule has 0 aromatic carbocycles. The number of hydrogen-bond donors (Lipinski definition) is 0. The van der Waals surface area contributed by atoms with Gasteiger partial charge in [-0.15, -0.1) is 0 Å². The molecule has 0 radical (unpaired) electrons. The number of hydrogen-bond acceptors (Lipinski definition) is 0. The summed E-state index contributed by atoms with van der Waals surface area (Å²) in [5.74, 6) is 1.99. The molecule has 0 aliphatic heterocycles. The minimum atomic E-state index is 0.972. The maximum Gasteiger partial charge on any atom is -0.0292 e. The molecule has 0 aromatic heterocycles. The summed E-state index contributed by atoms with van der Waals surface area (Å²) in [5, 5.41) is 0. The third kappa shape index (κ3) is 4.72. The summed E-state index contributed by atoms with van der Waals surface area (Å²) in [4.78, 5) is 0. The fourth-order valence-corrected chi connectivity index (χ4v) is 3.23. The van der Waals surface area contributed by atoms with Gasteiger partial charge in [-0.3, -0.25) is 0 Å². The van der Waals surface area contributed by atoms with Crippen LogP contribution in [-0.4, -0.2) is 0 Å². The molecule has 0 N–H and O–H groups in total. The van der Waals surface area contributed by atoms with E-state index in [0.717, 1.165) is 11.8 Å². The molecule has 0 aromatic rings. The molecular weight excluding hydrogens is 192 g/mol. The lowest BCUT2D eigenvalue weighted by atomic mass is 9.74. The molecule has 0 bridgehead atoms. The Morgan fingerprint density at radius 2 is 1.75 bits per heavy atom. The van der Waals surface area contributed by atoms with Crippen LogP contribution in [-0.2, 0) is 0 Å². The lowest BCUT2D eigenvalue weighted by molar-refractivity contribution is 0.217. The second kappa shape index (κ2) is 7.92. The summed E-state index contributed by atoms with van der Waals surface area (Å²) in [6, 6.07) is 0. The van der Waals surface area contributed by atoms with E-state index >= 15 is 0 Å². The van der Waals surface area contributed by atoms with Crippen molar-refractivity contribution < 1.29 is 0 Å². The monoisotopic (exact) mass is 222 g/mol. The molecular formula is C16H30.